The molecule has 0 aliphatic carbocycles. The summed E-state index contributed by atoms with van der Waals surface area (Å²) in [6.07, 6.45) is 0. The van der Waals surface area contributed by atoms with E-state index in [9.17, 15) is 0 Å². The van der Waals surface area contributed by atoms with Gasteiger partial charge in [0.25, 0.3) is 0 Å². The zero-order chi connectivity index (χ0) is 12.3. The molecule has 0 radical (unpaired) electrons. The van der Waals surface area contributed by atoms with Crippen molar-refractivity contribution in [2.24, 2.45) is 12.8 Å². The first-order chi connectivity index (χ1) is 8.24. The van der Waals surface area contributed by atoms with Gasteiger partial charge < -0.3 is 10.5 Å². The molecule has 2 N–H and O–H groups in total. The fourth-order valence-electron chi connectivity index (χ4n) is 1.90. The van der Waals surface area contributed by atoms with Crippen molar-refractivity contribution in [3.63, 3.8) is 0 Å². The van der Waals surface area contributed by atoms with Crippen molar-refractivity contribution in [1.29, 1.82) is 0 Å². The third-order valence-electron chi connectivity index (χ3n) is 2.64. The minimum atomic E-state index is 0.492. The normalized spacial score (nSPS) is 10.5. The standard InChI is InChI=1S/C13H17N3O/c1-10-12(11-6-4-3-5-7-11)16(2)15-13(10)17-9-8-14/h3-7H,8-9,14H2,1-2H3. The topological polar surface area (TPSA) is 53.1 Å². The smallest absolute Gasteiger partial charge is 0.236 e. The maximum absolute atomic E-state index is 5.51. The predicted octanol–water partition coefficient (Wildman–Crippen LogP) is 1.73. The molecule has 0 saturated carbocycles. The Balaban J connectivity index is 2.38. The number of benzene rings is 1. The molecule has 2 rings (SSSR count). The lowest BCUT2D eigenvalue weighted by Crippen LogP contribution is -2.11. The summed E-state index contributed by atoms with van der Waals surface area (Å²) in [7, 11) is 1.92. The van der Waals surface area contributed by atoms with Crippen LogP contribution in [0, 0.1) is 6.92 Å². The van der Waals surface area contributed by atoms with Crippen LogP contribution < -0.4 is 10.5 Å². The van der Waals surface area contributed by atoms with Crippen molar-refractivity contribution < 1.29 is 4.74 Å². The molecule has 90 valence electrons. The molecule has 0 unspecified atom stereocenters. The highest BCUT2D eigenvalue weighted by atomic mass is 16.5. The molecule has 0 amide bonds. The second-order valence-electron chi connectivity index (χ2n) is 3.91. The van der Waals surface area contributed by atoms with Crippen molar-refractivity contribution in [3.8, 4) is 17.1 Å². The molecule has 4 nitrogen and oxygen atoms in total. The Morgan fingerprint density at radius 3 is 2.65 bits per heavy atom. The quantitative estimate of drug-likeness (QED) is 0.872. The van der Waals surface area contributed by atoms with Crippen LogP contribution in [-0.4, -0.2) is 22.9 Å². The molecule has 0 aliphatic heterocycles. The van der Waals surface area contributed by atoms with Crippen LogP contribution in [0.3, 0.4) is 0 Å². The summed E-state index contributed by atoms with van der Waals surface area (Å²) in [4.78, 5) is 0. The Labute approximate surface area is 101 Å². The van der Waals surface area contributed by atoms with Crippen LogP contribution >= 0.6 is 0 Å². The van der Waals surface area contributed by atoms with Crippen LogP contribution in [0.15, 0.2) is 30.3 Å². The van der Waals surface area contributed by atoms with Gasteiger partial charge in [-0.15, -0.1) is 5.10 Å². The summed E-state index contributed by atoms with van der Waals surface area (Å²) in [5, 5.41) is 4.36. The van der Waals surface area contributed by atoms with Gasteiger partial charge in [-0.25, -0.2) is 0 Å². The van der Waals surface area contributed by atoms with Gasteiger partial charge in [0.15, 0.2) is 0 Å². The molecule has 17 heavy (non-hydrogen) atoms. The molecule has 2 aromatic rings. The molecule has 4 heteroatoms. The van der Waals surface area contributed by atoms with Gasteiger partial charge in [0.2, 0.25) is 5.88 Å². The average Bonchev–Trinajstić information content (AvgIpc) is 2.63. The third kappa shape index (κ3) is 2.31. The second-order valence-corrected chi connectivity index (χ2v) is 3.91. The Bertz CT molecular complexity index is 491. The van der Waals surface area contributed by atoms with E-state index in [0.29, 0.717) is 19.0 Å². The van der Waals surface area contributed by atoms with E-state index in [4.69, 9.17) is 10.5 Å². The van der Waals surface area contributed by atoms with E-state index in [1.807, 2.05) is 36.9 Å². The second kappa shape index (κ2) is 5.01. The van der Waals surface area contributed by atoms with Crippen LogP contribution in [0.1, 0.15) is 5.56 Å². The maximum Gasteiger partial charge on any atom is 0.236 e. The number of hydrogen-bond acceptors (Lipinski definition) is 3. The van der Waals surface area contributed by atoms with E-state index in [0.717, 1.165) is 16.8 Å². The monoisotopic (exact) mass is 231 g/mol. The minimum absolute atomic E-state index is 0.492. The number of rotatable bonds is 4. The van der Waals surface area contributed by atoms with Gasteiger partial charge in [-0.1, -0.05) is 30.3 Å². The molecule has 1 aromatic carbocycles. The fourth-order valence-corrected chi connectivity index (χ4v) is 1.90. The summed E-state index contributed by atoms with van der Waals surface area (Å²) < 4.78 is 7.36. The van der Waals surface area contributed by atoms with Crippen molar-refractivity contribution in [3.05, 3.63) is 35.9 Å². The SMILES string of the molecule is Cc1c(OCCN)nn(C)c1-c1ccccc1. The maximum atomic E-state index is 5.51. The van der Waals surface area contributed by atoms with E-state index in [-0.39, 0.29) is 0 Å². The van der Waals surface area contributed by atoms with Crippen molar-refractivity contribution in [2.75, 3.05) is 13.2 Å². The first kappa shape index (κ1) is 11.7. The van der Waals surface area contributed by atoms with Crippen LogP contribution in [0.5, 0.6) is 5.88 Å². The van der Waals surface area contributed by atoms with E-state index >= 15 is 0 Å². The minimum Gasteiger partial charge on any atom is -0.475 e. The molecular formula is C13H17N3O. The average molecular weight is 231 g/mol. The molecule has 0 atom stereocenters. The Morgan fingerprint density at radius 1 is 1.29 bits per heavy atom. The number of aromatic nitrogens is 2. The zero-order valence-electron chi connectivity index (χ0n) is 10.2. The van der Waals surface area contributed by atoms with Crippen molar-refractivity contribution in [2.45, 2.75) is 6.92 Å². The Morgan fingerprint density at radius 2 is 2.00 bits per heavy atom. The van der Waals surface area contributed by atoms with Crippen molar-refractivity contribution >= 4 is 0 Å². The summed E-state index contributed by atoms with van der Waals surface area (Å²) in [6.45, 7) is 3.00. The highest BCUT2D eigenvalue weighted by molar-refractivity contribution is 5.65. The summed E-state index contributed by atoms with van der Waals surface area (Å²) in [6, 6.07) is 10.2. The Kier molecular flexibility index (Phi) is 3.44. The van der Waals surface area contributed by atoms with Gasteiger partial charge in [-0.05, 0) is 6.92 Å². The lowest BCUT2D eigenvalue weighted by Gasteiger charge is -2.03. The number of nitrogens with zero attached hydrogens (tertiary/aromatic N) is 2. The van der Waals surface area contributed by atoms with E-state index in [1.165, 1.54) is 0 Å². The highest BCUT2D eigenvalue weighted by Gasteiger charge is 2.14. The van der Waals surface area contributed by atoms with Crippen LogP contribution in [0.2, 0.25) is 0 Å². The predicted molar refractivity (Wildman–Crippen MR) is 67.9 cm³/mol. The van der Waals surface area contributed by atoms with Gasteiger partial charge >= 0.3 is 0 Å². The van der Waals surface area contributed by atoms with Crippen LogP contribution in [-0.2, 0) is 7.05 Å². The van der Waals surface area contributed by atoms with E-state index in [2.05, 4.69) is 17.2 Å². The largest absolute Gasteiger partial charge is 0.475 e. The highest BCUT2D eigenvalue weighted by Crippen LogP contribution is 2.28. The third-order valence-corrected chi connectivity index (χ3v) is 2.64. The molecule has 0 bridgehead atoms. The van der Waals surface area contributed by atoms with E-state index < -0.39 is 0 Å². The number of aryl methyl sites for hydroxylation is 1. The molecular weight excluding hydrogens is 214 g/mol. The van der Waals surface area contributed by atoms with Crippen LogP contribution in [0.4, 0.5) is 0 Å². The lowest BCUT2D eigenvalue weighted by molar-refractivity contribution is 0.310. The van der Waals surface area contributed by atoms with Crippen LogP contribution in [0.25, 0.3) is 11.3 Å². The van der Waals surface area contributed by atoms with Gasteiger partial charge in [0, 0.05) is 24.7 Å². The number of ether oxygens (including phenoxy) is 1. The van der Waals surface area contributed by atoms with Gasteiger partial charge in [-0.3, -0.25) is 4.68 Å². The zero-order valence-corrected chi connectivity index (χ0v) is 10.2. The Hall–Kier alpha value is -1.81. The molecule has 0 saturated heterocycles. The first-order valence-corrected chi connectivity index (χ1v) is 5.66. The molecule has 1 heterocycles. The fraction of sp³-hybridized carbons (Fsp3) is 0.308. The summed E-state index contributed by atoms with van der Waals surface area (Å²) in [5.41, 5.74) is 8.69. The van der Waals surface area contributed by atoms with E-state index in [1.54, 1.807) is 0 Å². The summed E-state index contributed by atoms with van der Waals surface area (Å²) >= 11 is 0. The first-order valence-electron chi connectivity index (χ1n) is 5.66. The number of hydrogen-bond donors (Lipinski definition) is 1. The molecule has 0 fully saturated rings. The van der Waals surface area contributed by atoms with Crippen molar-refractivity contribution in [1.82, 2.24) is 9.78 Å². The molecule has 0 spiro atoms. The summed E-state index contributed by atoms with van der Waals surface area (Å²) in [5.74, 6) is 0.664. The number of nitrogens with two attached hydrogens (primary N) is 1. The van der Waals surface area contributed by atoms with Gasteiger partial charge in [0.1, 0.15) is 6.61 Å². The van der Waals surface area contributed by atoms with Gasteiger partial charge in [-0.2, -0.15) is 0 Å². The molecule has 0 aliphatic rings. The lowest BCUT2D eigenvalue weighted by atomic mass is 10.1. The van der Waals surface area contributed by atoms with Gasteiger partial charge in [0.05, 0.1) is 5.69 Å². The molecule has 1 aromatic heterocycles.